The van der Waals surface area contributed by atoms with Crippen molar-refractivity contribution in [3.05, 3.63) is 35.9 Å². The second-order valence-electron chi connectivity index (χ2n) is 3.62. The summed E-state index contributed by atoms with van der Waals surface area (Å²) in [6.45, 7) is 7.14. The molecule has 0 amide bonds. The van der Waals surface area contributed by atoms with Gasteiger partial charge in [-0.05, 0) is 37.1 Å². The van der Waals surface area contributed by atoms with E-state index in [4.69, 9.17) is 5.73 Å². The van der Waals surface area contributed by atoms with Gasteiger partial charge in [-0.2, -0.15) is 0 Å². The lowest BCUT2D eigenvalue weighted by Crippen LogP contribution is -2.25. The molecule has 0 heterocycles. The minimum absolute atomic E-state index is 0.214. The molecule has 0 atom stereocenters. The number of anilines is 1. The standard InChI is InChI=1S/C11H16N2O2S/c1-4-5-13-16(14,15)11-8(2)6-10(12)7-9(11)3/h4,6-7,13H,1,5,12H2,2-3H3. The third-order valence-corrected chi connectivity index (χ3v) is 3.90. The van der Waals surface area contributed by atoms with Crippen molar-refractivity contribution in [3.8, 4) is 0 Å². The SMILES string of the molecule is C=CCNS(=O)(=O)c1c(C)cc(N)cc1C. The summed E-state index contributed by atoms with van der Waals surface area (Å²) in [6, 6.07) is 3.30. The third-order valence-electron chi connectivity index (χ3n) is 2.17. The Morgan fingerprint density at radius 2 is 1.88 bits per heavy atom. The van der Waals surface area contributed by atoms with Crippen LogP contribution in [0.5, 0.6) is 0 Å². The van der Waals surface area contributed by atoms with E-state index in [1.807, 2.05) is 0 Å². The van der Waals surface area contributed by atoms with Gasteiger partial charge in [0, 0.05) is 12.2 Å². The zero-order valence-electron chi connectivity index (χ0n) is 9.45. The monoisotopic (exact) mass is 240 g/mol. The van der Waals surface area contributed by atoms with Gasteiger partial charge in [0.15, 0.2) is 0 Å². The van der Waals surface area contributed by atoms with Crippen molar-refractivity contribution in [1.82, 2.24) is 4.72 Å². The zero-order valence-corrected chi connectivity index (χ0v) is 10.3. The molecule has 1 aromatic rings. The number of nitrogens with one attached hydrogen (secondary N) is 1. The lowest BCUT2D eigenvalue weighted by molar-refractivity contribution is 0.584. The Bertz CT molecular complexity index is 484. The van der Waals surface area contributed by atoms with Gasteiger partial charge in [-0.3, -0.25) is 0 Å². The predicted octanol–water partition coefficient (Wildman–Crippen LogP) is 1.35. The Balaban J connectivity index is 3.28. The summed E-state index contributed by atoms with van der Waals surface area (Å²) in [5, 5.41) is 0. The first-order chi connectivity index (χ1) is 7.38. The van der Waals surface area contributed by atoms with Crippen LogP contribution in [-0.2, 0) is 10.0 Å². The summed E-state index contributed by atoms with van der Waals surface area (Å²) in [6.07, 6.45) is 1.50. The molecular weight excluding hydrogens is 224 g/mol. The van der Waals surface area contributed by atoms with Crippen LogP contribution < -0.4 is 10.5 Å². The first-order valence-corrected chi connectivity index (χ1v) is 6.34. The molecule has 16 heavy (non-hydrogen) atoms. The van der Waals surface area contributed by atoms with Gasteiger partial charge >= 0.3 is 0 Å². The summed E-state index contributed by atoms with van der Waals surface area (Å²) in [7, 11) is -3.48. The molecule has 0 bridgehead atoms. The maximum absolute atomic E-state index is 11.9. The number of hydrogen-bond donors (Lipinski definition) is 2. The number of hydrogen-bond acceptors (Lipinski definition) is 3. The van der Waals surface area contributed by atoms with E-state index in [9.17, 15) is 8.42 Å². The molecule has 1 rings (SSSR count). The lowest BCUT2D eigenvalue weighted by atomic mass is 10.1. The Labute approximate surface area is 96.2 Å². The molecule has 88 valence electrons. The van der Waals surface area contributed by atoms with Crippen LogP contribution in [0.1, 0.15) is 11.1 Å². The van der Waals surface area contributed by atoms with Crippen LogP contribution in [0.4, 0.5) is 5.69 Å². The average Bonchev–Trinajstić information content (AvgIpc) is 2.12. The summed E-state index contributed by atoms with van der Waals surface area (Å²) < 4.78 is 26.3. The number of nitrogen functional groups attached to an aromatic ring is 1. The minimum Gasteiger partial charge on any atom is -0.399 e. The highest BCUT2D eigenvalue weighted by Gasteiger charge is 2.18. The average molecular weight is 240 g/mol. The Morgan fingerprint density at radius 3 is 2.31 bits per heavy atom. The highest BCUT2D eigenvalue weighted by atomic mass is 32.2. The van der Waals surface area contributed by atoms with E-state index in [1.54, 1.807) is 26.0 Å². The van der Waals surface area contributed by atoms with Crippen LogP contribution in [0.15, 0.2) is 29.7 Å². The van der Waals surface area contributed by atoms with Crippen LogP contribution in [0.25, 0.3) is 0 Å². The van der Waals surface area contributed by atoms with Crippen molar-refractivity contribution in [2.75, 3.05) is 12.3 Å². The quantitative estimate of drug-likeness (QED) is 0.616. The highest BCUT2D eigenvalue weighted by Crippen LogP contribution is 2.22. The fraction of sp³-hybridized carbons (Fsp3) is 0.273. The van der Waals surface area contributed by atoms with Crippen molar-refractivity contribution >= 4 is 15.7 Å². The highest BCUT2D eigenvalue weighted by molar-refractivity contribution is 7.89. The third kappa shape index (κ3) is 2.62. The van der Waals surface area contributed by atoms with E-state index >= 15 is 0 Å². The molecule has 0 aliphatic heterocycles. The molecule has 5 heteroatoms. The Morgan fingerprint density at radius 1 is 1.38 bits per heavy atom. The molecule has 0 spiro atoms. The van der Waals surface area contributed by atoms with E-state index in [0.29, 0.717) is 21.7 Å². The largest absolute Gasteiger partial charge is 0.399 e. The van der Waals surface area contributed by atoms with Crippen LogP contribution in [0.2, 0.25) is 0 Å². The van der Waals surface area contributed by atoms with Crippen LogP contribution in [0, 0.1) is 13.8 Å². The second kappa shape index (κ2) is 4.67. The van der Waals surface area contributed by atoms with Gasteiger partial charge in [-0.15, -0.1) is 6.58 Å². The first kappa shape index (κ1) is 12.7. The second-order valence-corrected chi connectivity index (χ2v) is 5.33. The smallest absolute Gasteiger partial charge is 0.241 e. The Hall–Kier alpha value is -1.33. The lowest BCUT2D eigenvalue weighted by Gasteiger charge is -2.11. The van der Waals surface area contributed by atoms with Crippen molar-refractivity contribution in [2.24, 2.45) is 0 Å². The summed E-state index contributed by atoms with van der Waals surface area (Å²) in [5.41, 5.74) is 7.50. The molecule has 1 aromatic carbocycles. The molecule has 0 aliphatic carbocycles. The maximum atomic E-state index is 11.9. The van der Waals surface area contributed by atoms with Crippen LogP contribution in [-0.4, -0.2) is 15.0 Å². The van der Waals surface area contributed by atoms with E-state index in [2.05, 4.69) is 11.3 Å². The maximum Gasteiger partial charge on any atom is 0.241 e. The van der Waals surface area contributed by atoms with Crippen LogP contribution >= 0.6 is 0 Å². The minimum atomic E-state index is -3.48. The van der Waals surface area contributed by atoms with Crippen molar-refractivity contribution in [3.63, 3.8) is 0 Å². The summed E-state index contributed by atoms with van der Waals surface area (Å²) >= 11 is 0. The number of aryl methyl sites for hydroxylation is 2. The van der Waals surface area contributed by atoms with Gasteiger partial charge in [0.25, 0.3) is 0 Å². The normalized spacial score (nSPS) is 11.4. The Kier molecular flexibility index (Phi) is 3.72. The molecule has 0 radical (unpaired) electrons. The molecule has 0 aromatic heterocycles. The van der Waals surface area contributed by atoms with Gasteiger partial charge in [0.05, 0.1) is 4.90 Å². The first-order valence-electron chi connectivity index (χ1n) is 4.86. The fourth-order valence-electron chi connectivity index (χ4n) is 1.65. The van der Waals surface area contributed by atoms with Crippen molar-refractivity contribution in [1.29, 1.82) is 0 Å². The van der Waals surface area contributed by atoms with E-state index in [0.717, 1.165) is 0 Å². The molecule has 0 unspecified atom stereocenters. The summed E-state index contributed by atoms with van der Waals surface area (Å²) in [5.74, 6) is 0. The fourth-order valence-corrected chi connectivity index (χ4v) is 3.10. The van der Waals surface area contributed by atoms with Gasteiger partial charge < -0.3 is 5.73 Å². The van der Waals surface area contributed by atoms with Crippen molar-refractivity contribution < 1.29 is 8.42 Å². The number of benzene rings is 1. The zero-order chi connectivity index (χ0) is 12.3. The molecule has 0 aliphatic rings. The molecule has 0 saturated heterocycles. The predicted molar refractivity (Wildman–Crippen MR) is 65.7 cm³/mol. The number of sulfonamides is 1. The number of rotatable bonds is 4. The number of nitrogens with two attached hydrogens (primary N) is 1. The molecule has 0 fully saturated rings. The topological polar surface area (TPSA) is 72.2 Å². The molecule has 4 nitrogen and oxygen atoms in total. The van der Waals surface area contributed by atoms with E-state index in [-0.39, 0.29) is 6.54 Å². The van der Waals surface area contributed by atoms with Crippen LogP contribution in [0.3, 0.4) is 0 Å². The van der Waals surface area contributed by atoms with E-state index < -0.39 is 10.0 Å². The van der Waals surface area contributed by atoms with E-state index in [1.165, 1.54) is 6.08 Å². The van der Waals surface area contributed by atoms with Gasteiger partial charge in [-0.25, -0.2) is 13.1 Å². The molecule has 3 N–H and O–H groups in total. The van der Waals surface area contributed by atoms with Gasteiger partial charge in [0.2, 0.25) is 10.0 Å². The molecular formula is C11H16N2O2S. The van der Waals surface area contributed by atoms with Gasteiger partial charge in [0.1, 0.15) is 0 Å². The van der Waals surface area contributed by atoms with Gasteiger partial charge in [-0.1, -0.05) is 6.08 Å². The summed E-state index contributed by atoms with van der Waals surface area (Å²) in [4.78, 5) is 0.295. The van der Waals surface area contributed by atoms with Crippen molar-refractivity contribution in [2.45, 2.75) is 18.7 Å². The molecule has 0 saturated carbocycles.